The van der Waals surface area contributed by atoms with Crippen LogP contribution in [0.1, 0.15) is 49.6 Å². The number of benzene rings is 1. The number of aryl methyl sites for hydroxylation is 1. The van der Waals surface area contributed by atoms with E-state index >= 15 is 0 Å². The Hall–Kier alpha value is -3.05. The zero-order valence-corrected chi connectivity index (χ0v) is 19.0. The molecule has 4 rings (SSSR count). The van der Waals surface area contributed by atoms with Crippen molar-refractivity contribution in [1.82, 2.24) is 40.2 Å². The second-order valence-corrected chi connectivity index (χ2v) is 8.65. The number of amides is 2. The minimum Gasteiger partial charge on any atom is -0.388 e. The molecule has 10 nitrogen and oxygen atoms in total. The molecule has 1 aliphatic carbocycles. The fraction of sp³-hybridized carbons (Fsp3) is 0.476. The van der Waals surface area contributed by atoms with Gasteiger partial charge < -0.3 is 15.7 Å². The van der Waals surface area contributed by atoms with Crippen LogP contribution in [0.2, 0.25) is 5.02 Å². The lowest BCUT2D eigenvalue weighted by Gasteiger charge is -2.32. The minimum atomic E-state index is -0.786. The maximum Gasteiger partial charge on any atom is 0.315 e. The van der Waals surface area contributed by atoms with Crippen molar-refractivity contribution < 1.29 is 14.3 Å². The molecule has 1 fully saturated rings. The van der Waals surface area contributed by atoms with Crippen LogP contribution in [-0.4, -0.2) is 46.3 Å². The molecule has 0 bridgehead atoms. The average Bonchev–Trinajstić information content (AvgIpc) is 3.38. The molecular formula is C21H26ClFN8O2. The minimum absolute atomic E-state index is 0.0121. The van der Waals surface area contributed by atoms with Crippen molar-refractivity contribution in [3.63, 3.8) is 0 Å². The highest BCUT2D eigenvalue weighted by Gasteiger charge is 2.30. The first-order valence-corrected chi connectivity index (χ1v) is 11.2. The number of hydrogen-bond acceptors (Lipinski definition) is 6. The molecule has 0 radical (unpaired) electrons. The second kappa shape index (κ2) is 9.84. The van der Waals surface area contributed by atoms with Crippen LogP contribution in [-0.2, 0) is 19.6 Å². The molecule has 1 aliphatic rings. The first-order valence-electron chi connectivity index (χ1n) is 10.8. The number of hydrogen-bond donors (Lipinski definition) is 3. The van der Waals surface area contributed by atoms with Crippen LogP contribution < -0.4 is 10.6 Å². The number of aliphatic hydroxyl groups is 1. The number of nitrogens with one attached hydrogen (secondary N) is 2. The first kappa shape index (κ1) is 23.1. The van der Waals surface area contributed by atoms with E-state index in [1.165, 1.54) is 23.1 Å². The van der Waals surface area contributed by atoms with Crippen molar-refractivity contribution in [3.05, 3.63) is 52.8 Å². The summed E-state index contributed by atoms with van der Waals surface area (Å²) in [6, 6.07) is 3.88. The lowest BCUT2D eigenvalue weighted by Crippen LogP contribution is -2.39. The van der Waals surface area contributed by atoms with Crippen LogP contribution in [0.15, 0.2) is 24.5 Å². The third-order valence-corrected chi connectivity index (χ3v) is 5.97. The van der Waals surface area contributed by atoms with E-state index in [2.05, 4.69) is 30.8 Å². The quantitative estimate of drug-likeness (QED) is 0.481. The number of carbonyl (C=O) groups excluding carboxylic acids is 1. The Balaban J connectivity index is 1.34. The van der Waals surface area contributed by atoms with E-state index in [4.69, 9.17) is 11.6 Å². The highest BCUT2D eigenvalue weighted by atomic mass is 35.5. The summed E-state index contributed by atoms with van der Waals surface area (Å²) >= 11 is 5.76. The molecule has 0 unspecified atom stereocenters. The van der Waals surface area contributed by atoms with E-state index in [1.807, 2.05) is 0 Å². The van der Waals surface area contributed by atoms with E-state index in [0.717, 1.165) is 32.1 Å². The monoisotopic (exact) mass is 476 g/mol. The van der Waals surface area contributed by atoms with E-state index in [-0.39, 0.29) is 18.1 Å². The van der Waals surface area contributed by atoms with E-state index < -0.39 is 17.4 Å². The van der Waals surface area contributed by atoms with Crippen LogP contribution >= 0.6 is 11.6 Å². The van der Waals surface area contributed by atoms with Crippen molar-refractivity contribution in [2.75, 3.05) is 0 Å². The van der Waals surface area contributed by atoms with Crippen molar-refractivity contribution in [2.24, 2.45) is 0 Å². The summed E-state index contributed by atoms with van der Waals surface area (Å²) in [4.78, 5) is 20.9. The van der Waals surface area contributed by atoms with Gasteiger partial charge in [-0.1, -0.05) is 30.9 Å². The Labute approximate surface area is 195 Å². The van der Waals surface area contributed by atoms with E-state index in [9.17, 15) is 14.3 Å². The maximum absolute atomic E-state index is 13.9. The molecule has 0 saturated heterocycles. The predicted molar refractivity (Wildman–Crippen MR) is 118 cm³/mol. The molecular weight excluding hydrogens is 451 g/mol. The van der Waals surface area contributed by atoms with Gasteiger partial charge in [0, 0.05) is 6.07 Å². The summed E-state index contributed by atoms with van der Waals surface area (Å²) in [7, 11) is 0. The molecule has 0 aliphatic heterocycles. The van der Waals surface area contributed by atoms with Gasteiger partial charge in [0.2, 0.25) is 0 Å². The topological polar surface area (TPSA) is 123 Å². The van der Waals surface area contributed by atoms with Gasteiger partial charge in [-0.25, -0.2) is 28.5 Å². The van der Waals surface area contributed by atoms with Crippen LogP contribution in [0.25, 0.3) is 5.69 Å². The summed E-state index contributed by atoms with van der Waals surface area (Å²) < 4.78 is 16.9. The number of aromatic nitrogens is 6. The SMILES string of the molecule is Cc1nc(CNC(=O)NCc2ncnn2CC2(O)CCCCC2)n(-c2ccc(Cl)c(F)c2)n1. The zero-order valence-electron chi connectivity index (χ0n) is 18.3. The van der Waals surface area contributed by atoms with E-state index in [1.54, 1.807) is 17.7 Å². The molecule has 2 amide bonds. The molecule has 12 heteroatoms. The molecule has 2 heterocycles. The smallest absolute Gasteiger partial charge is 0.315 e. The van der Waals surface area contributed by atoms with Gasteiger partial charge in [0.05, 0.1) is 35.9 Å². The Kier molecular flexibility index (Phi) is 6.89. The number of halogens is 2. The first-order chi connectivity index (χ1) is 15.8. The molecule has 3 N–H and O–H groups in total. The van der Waals surface area contributed by atoms with Gasteiger partial charge in [-0.05, 0) is 31.9 Å². The van der Waals surface area contributed by atoms with E-state index in [0.29, 0.717) is 29.7 Å². The average molecular weight is 477 g/mol. The second-order valence-electron chi connectivity index (χ2n) is 8.24. The molecule has 176 valence electrons. The zero-order chi connectivity index (χ0) is 23.4. The third-order valence-electron chi connectivity index (χ3n) is 5.67. The van der Waals surface area contributed by atoms with Gasteiger partial charge in [0.15, 0.2) is 5.82 Å². The Bertz CT molecular complexity index is 1130. The number of nitrogens with zero attached hydrogens (tertiary/aromatic N) is 6. The molecule has 1 saturated carbocycles. The van der Waals surface area contributed by atoms with Crippen LogP contribution in [0, 0.1) is 12.7 Å². The van der Waals surface area contributed by atoms with Gasteiger partial charge >= 0.3 is 6.03 Å². The maximum atomic E-state index is 13.9. The van der Waals surface area contributed by atoms with Crippen molar-refractivity contribution in [3.8, 4) is 5.69 Å². The van der Waals surface area contributed by atoms with Crippen LogP contribution in [0.3, 0.4) is 0 Å². The summed E-state index contributed by atoms with van der Waals surface area (Å²) in [5.74, 6) is 0.907. The summed E-state index contributed by atoms with van der Waals surface area (Å²) in [6.45, 7) is 2.28. The fourth-order valence-electron chi connectivity index (χ4n) is 3.98. The van der Waals surface area contributed by atoms with Gasteiger partial charge in [0.1, 0.15) is 23.8 Å². The summed E-state index contributed by atoms with van der Waals surface area (Å²) in [6.07, 6.45) is 6.00. The fourth-order valence-corrected chi connectivity index (χ4v) is 4.10. The van der Waals surface area contributed by atoms with Crippen molar-refractivity contribution in [2.45, 2.75) is 64.3 Å². The largest absolute Gasteiger partial charge is 0.388 e. The highest BCUT2D eigenvalue weighted by Crippen LogP contribution is 2.29. The Morgan fingerprint density at radius 1 is 1.21 bits per heavy atom. The Morgan fingerprint density at radius 2 is 1.94 bits per heavy atom. The molecule has 0 atom stereocenters. The molecule has 3 aromatic rings. The lowest BCUT2D eigenvalue weighted by atomic mass is 9.85. The van der Waals surface area contributed by atoms with Crippen LogP contribution in [0.5, 0.6) is 0 Å². The number of rotatable bonds is 7. The predicted octanol–water partition coefficient (Wildman–Crippen LogP) is 2.65. The van der Waals surface area contributed by atoms with Gasteiger partial charge in [0.25, 0.3) is 0 Å². The summed E-state index contributed by atoms with van der Waals surface area (Å²) in [5.41, 5.74) is -0.338. The van der Waals surface area contributed by atoms with Crippen molar-refractivity contribution >= 4 is 17.6 Å². The summed E-state index contributed by atoms with van der Waals surface area (Å²) in [5, 5.41) is 24.7. The highest BCUT2D eigenvalue weighted by molar-refractivity contribution is 6.30. The number of urea groups is 1. The van der Waals surface area contributed by atoms with Crippen molar-refractivity contribution in [1.29, 1.82) is 0 Å². The van der Waals surface area contributed by atoms with Crippen LogP contribution in [0.4, 0.5) is 9.18 Å². The lowest BCUT2D eigenvalue weighted by molar-refractivity contribution is -0.0150. The Morgan fingerprint density at radius 3 is 2.67 bits per heavy atom. The third kappa shape index (κ3) is 5.66. The number of carbonyl (C=O) groups is 1. The normalized spacial score (nSPS) is 15.4. The van der Waals surface area contributed by atoms with Gasteiger partial charge in [-0.3, -0.25) is 0 Å². The van der Waals surface area contributed by atoms with Gasteiger partial charge in [-0.15, -0.1) is 0 Å². The molecule has 0 spiro atoms. The standard InChI is InChI=1S/C21H26ClFN8O2/c1-14-28-19(31(29-14)15-5-6-16(22)17(23)9-15)11-25-20(32)24-10-18-26-13-27-30(18)12-21(33)7-3-2-4-8-21/h5-6,9,13,33H,2-4,7-8,10-12H2,1H3,(H2,24,25,32). The molecule has 1 aromatic carbocycles. The molecule has 33 heavy (non-hydrogen) atoms. The molecule has 2 aromatic heterocycles. The van der Waals surface area contributed by atoms with Gasteiger partial charge in [-0.2, -0.15) is 10.2 Å².